The lowest BCUT2D eigenvalue weighted by Crippen LogP contribution is -2.29. The minimum Gasteiger partial charge on any atom is -0.507 e. The molecule has 1 unspecified atom stereocenters. The average Bonchev–Trinajstić information content (AvgIpc) is 3.21. The van der Waals surface area contributed by atoms with Crippen LogP contribution in [0.5, 0.6) is 17.2 Å². The number of Topliss-reactive ketones (excluding diaryl/α,β-unsaturated/α-hetero) is 1. The molecule has 1 atom stereocenters. The van der Waals surface area contributed by atoms with Crippen LogP contribution in [-0.2, 0) is 16.0 Å². The Morgan fingerprint density at radius 3 is 2.13 bits per heavy atom. The first kappa shape index (κ1) is 27.8. The Hall–Kier alpha value is -4.26. The van der Waals surface area contributed by atoms with Crippen molar-refractivity contribution in [3.63, 3.8) is 0 Å². The van der Waals surface area contributed by atoms with Gasteiger partial charge in [0.25, 0.3) is 11.7 Å². The van der Waals surface area contributed by atoms with E-state index in [-0.39, 0.29) is 11.3 Å². The van der Waals surface area contributed by atoms with Crippen LogP contribution in [0.4, 0.5) is 5.69 Å². The summed E-state index contributed by atoms with van der Waals surface area (Å²) < 4.78 is 16.7. The fourth-order valence-electron chi connectivity index (χ4n) is 4.65. The molecule has 1 saturated heterocycles. The van der Waals surface area contributed by atoms with Crippen molar-refractivity contribution in [2.24, 2.45) is 5.92 Å². The van der Waals surface area contributed by atoms with Crippen LogP contribution in [0.1, 0.15) is 49.1 Å². The number of amides is 1. The van der Waals surface area contributed by atoms with Crippen LogP contribution in [0.2, 0.25) is 0 Å². The fourth-order valence-corrected chi connectivity index (χ4v) is 4.65. The van der Waals surface area contributed by atoms with Gasteiger partial charge < -0.3 is 19.3 Å². The molecule has 1 aliphatic heterocycles. The molecule has 0 spiro atoms. The van der Waals surface area contributed by atoms with Gasteiger partial charge in [-0.2, -0.15) is 0 Å². The van der Waals surface area contributed by atoms with Crippen LogP contribution in [0.3, 0.4) is 0 Å². The highest BCUT2D eigenvalue weighted by atomic mass is 16.5. The smallest absolute Gasteiger partial charge is 0.300 e. The van der Waals surface area contributed by atoms with Gasteiger partial charge in [-0.05, 0) is 54.2 Å². The van der Waals surface area contributed by atoms with Crippen LogP contribution in [-0.4, -0.2) is 37.6 Å². The molecule has 39 heavy (non-hydrogen) atoms. The Labute approximate surface area is 229 Å². The zero-order valence-corrected chi connectivity index (χ0v) is 23.3. The number of anilines is 1. The standard InChI is InChI=1S/C32H35NO6/c1-7-21-8-10-22(11-9-21)29-28(30(34)23-12-13-27(20(4)14-23)39-18-19(2)3)31(35)32(36)33(29)24-15-25(37-5)17-26(16-24)38-6/h8-17,19,29,34H,7,18H2,1-6H3/b30-28+. The average molecular weight is 530 g/mol. The van der Waals surface area contributed by atoms with Crippen molar-refractivity contribution >= 4 is 23.1 Å². The number of aryl methyl sites for hydroxylation is 2. The van der Waals surface area contributed by atoms with Gasteiger partial charge in [0, 0.05) is 23.8 Å². The number of rotatable bonds is 9. The number of hydrogen-bond donors (Lipinski definition) is 1. The Bertz CT molecular complexity index is 1380. The molecule has 0 aromatic heterocycles. The minimum absolute atomic E-state index is 0.0151. The van der Waals surface area contributed by atoms with Gasteiger partial charge in [0.2, 0.25) is 0 Å². The molecule has 3 aromatic rings. The lowest BCUT2D eigenvalue weighted by molar-refractivity contribution is -0.132. The van der Waals surface area contributed by atoms with Gasteiger partial charge in [0.1, 0.15) is 23.0 Å². The van der Waals surface area contributed by atoms with Crippen LogP contribution in [0, 0.1) is 12.8 Å². The van der Waals surface area contributed by atoms with Gasteiger partial charge in [-0.15, -0.1) is 0 Å². The summed E-state index contributed by atoms with van der Waals surface area (Å²) in [4.78, 5) is 28.5. The predicted octanol–water partition coefficient (Wildman–Crippen LogP) is 6.24. The molecular formula is C32H35NO6. The second-order valence-corrected chi connectivity index (χ2v) is 10.0. The summed E-state index contributed by atoms with van der Waals surface area (Å²) in [6.45, 7) is 8.64. The molecule has 1 fully saturated rings. The van der Waals surface area contributed by atoms with Gasteiger partial charge >= 0.3 is 0 Å². The highest BCUT2D eigenvalue weighted by Gasteiger charge is 2.47. The molecule has 1 aliphatic rings. The number of carbonyl (C=O) groups is 2. The van der Waals surface area contributed by atoms with E-state index in [1.54, 1.807) is 36.4 Å². The number of benzene rings is 3. The second-order valence-electron chi connectivity index (χ2n) is 10.0. The lowest BCUT2D eigenvalue weighted by Gasteiger charge is -2.26. The number of aliphatic hydroxyl groups is 1. The van der Waals surface area contributed by atoms with E-state index in [0.717, 1.165) is 17.5 Å². The summed E-state index contributed by atoms with van der Waals surface area (Å²) in [5, 5.41) is 11.5. The Balaban J connectivity index is 1.88. The summed E-state index contributed by atoms with van der Waals surface area (Å²) >= 11 is 0. The number of ketones is 1. The lowest BCUT2D eigenvalue weighted by atomic mass is 9.93. The van der Waals surface area contributed by atoms with Crippen LogP contribution in [0.15, 0.2) is 66.2 Å². The monoisotopic (exact) mass is 529 g/mol. The number of methoxy groups -OCH3 is 2. The van der Waals surface area contributed by atoms with E-state index in [1.165, 1.54) is 19.1 Å². The van der Waals surface area contributed by atoms with Gasteiger partial charge in [-0.3, -0.25) is 14.5 Å². The first-order valence-electron chi connectivity index (χ1n) is 13.0. The van der Waals surface area contributed by atoms with Gasteiger partial charge in [-0.1, -0.05) is 45.0 Å². The number of carbonyl (C=O) groups excluding carboxylic acids is 2. The molecule has 0 saturated carbocycles. The van der Waals surface area contributed by atoms with Crippen molar-refractivity contribution < 1.29 is 28.9 Å². The quantitative estimate of drug-likeness (QED) is 0.201. The molecule has 0 aliphatic carbocycles. The summed E-state index contributed by atoms with van der Waals surface area (Å²) in [7, 11) is 3.04. The largest absolute Gasteiger partial charge is 0.507 e. The number of hydrogen-bond acceptors (Lipinski definition) is 6. The predicted molar refractivity (Wildman–Crippen MR) is 152 cm³/mol. The molecule has 7 nitrogen and oxygen atoms in total. The topological polar surface area (TPSA) is 85.3 Å². The van der Waals surface area contributed by atoms with E-state index >= 15 is 0 Å². The van der Waals surface area contributed by atoms with E-state index in [1.807, 2.05) is 31.2 Å². The van der Waals surface area contributed by atoms with Crippen molar-refractivity contribution in [1.82, 2.24) is 0 Å². The van der Waals surface area contributed by atoms with E-state index in [9.17, 15) is 14.7 Å². The summed E-state index contributed by atoms with van der Waals surface area (Å²) in [6.07, 6.45) is 0.845. The highest BCUT2D eigenvalue weighted by molar-refractivity contribution is 6.51. The first-order chi connectivity index (χ1) is 18.7. The molecule has 3 aromatic carbocycles. The molecule has 204 valence electrons. The molecule has 7 heteroatoms. The fraction of sp³-hybridized carbons (Fsp3) is 0.312. The zero-order chi connectivity index (χ0) is 28.3. The van der Waals surface area contributed by atoms with E-state index in [4.69, 9.17) is 14.2 Å². The van der Waals surface area contributed by atoms with Crippen molar-refractivity contribution in [2.75, 3.05) is 25.7 Å². The molecular weight excluding hydrogens is 494 g/mol. The maximum absolute atomic E-state index is 13.6. The van der Waals surface area contributed by atoms with E-state index < -0.39 is 17.7 Å². The van der Waals surface area contributed by atoms with Crippen molar-refractivity contribution in [3.8, 4) is 17.2 Å². The van der Waals surface area contributed by atoms with Crippen molar-refractivity contribution in [1.29, 1.82) is 0 Å². The van der Waals surface area contributed by atoms with Crippen molar-refractivity contribution in [2.45, 2.75) is 40.2 Å². The molecule has 1 amide bonds. The van der Waals surface area contributed by atoms with Gasteiger partial charge in [-0.25, -0.2) is 0 Å². The maximum Gasteiger partial charge on any atom is 0.300 e. The number of aliphatic hydroxyl groups excluding tert-OH is 1. The summed E-state index contributed by atoms with van der Waals surface area (Å²) in [6, 6.07) is 17.1. The molecule has 4 rings (SSSR count). The first-order valence-corrected chi connectivity index (χ1v) is 13.0. The van der Waals surface area contributed by atoms with Gasteiger partial charge in [0.05, 0.1) is 38.1 Å². The normalized spacial score (nSPS) is 16.6. The zero-order valence-electron chi connectivity index (χ0n) is 23.3. The molecule has 0 radical (unpaired) electrons. The van der Waals surface area contributed by atoms with Crippen molar-refractivity contribution in [3.05, 3.63) is 88.5 Å². The van der Waals surface area contributed by atoms with E-state index in [0.29, 0.717) is 46.6 Å². The number of nitrogens with zero attached hydrogens (tertiary/aromatic N) is 1. The summed E-state index contributed by atoms with van der Waals surface area (Å²) in [5.41, 5.74) is 3.50. The third kappa shape index (κ3) is 5.62. The Morgan fingerprint density at radius 1 is 0.949 bits per heavy atom. The van der Waals surface area contributed by atoms with Gasteiger partial charge in [0.15, 0.2) is 0 Å². The SMILES string of the molecule is CCc1ccc(C2/C(=C(\O)c3ccc(OCC(C)C)c(C)c3)C(=O)C(=O)N2c2cc(OC)cc(OC)c2)cc1. The highest BCUT2D eigenvalue weighted by Crippen LogP contribution is 2.44. The molecule has 1 N–H and O–H groups in total. The third-order valence-corrected chi connectivity index (χ3v) is 6.78. The minimum atomic E-state index is -0.857. The number of ether oxygens (including phenoxy) is 3. The maximum atomic E-state index is 13.6. The molecule has 1 heterocycles. The molecule has 0 bridgehead atoms. The van der Waals surface area contributed by atoms with Crippen LogP contribution in [0.25, 0.3) is 5.76 Å². The van der Waals surface area contributed by atoms with Crippen LogP contribution < -0.4 is 19.1 Å². The summed E-state index contributed by atoms with van der Waals surface area (Å²) in [5.74, 6) is 0.257. The second kappa shape index (κ2) is 11.6. The Kier molecular flexibility index (Phi) is 8.29. The van der Waals surface area contributed by atoms with E-state index in [2.05, 4.69) is 20.8 Å². The Morgan fingerprint density at radius 2 is 1.59 bits per heavy atom. The van der Waals surface area contributed by atoms with Crippen LogP contribution >= 0.6 is 0 Å². The third-order valence-electron chi connectivity index (χ3n) is 6.78.